The van der Waals surface area contributed by atoms with Gasteiger partial charge in [-0.15, -0.1) is 0 Å². The molecule has 0 atom stereocenters. The molecular weight excluding hydrogens is 388 g/mol. The van der Waals surface area contributed by atoms with Crippen LogP contribution < -0.4 is 4.90 Å². The van der Waals surface area contributed by atoms with Crippen LogP contribution in [0.5, 0.6) is 5.75 Å². The summed E-state index contributed by atoms with van der Waals surface area (Å²) in [4.78, 5) is 30.6. The Labute approximate surface area is 183 Å². The van der Waals surface area contributed by atoms with Gasteiger partial charge in [0.1, 0.15) is 5.75 Å². The van der Waals surface area contributed by atoms with Crippen LogP contribution in [0, 0.1) is 13.8 Å². The molecule has 1 amide bonds. The van der Waals surface area contributed by atoms with Gasteiger partial charge in [0, 0.05) is 37.0 Å². The normalized spacial score (nSPS) is 10.7. The van der Waals surface area contributed by atoms with Crippen molar-refractivity contribution in [2.45, 2.75) is 40.0 Å². The molecule has 0 aliphatic rings. The first-order chi connectivity index (χ1) is 14.8. The van der Waals surface area contributed by atoms with Gasteiger partial charge in [-0.1, -0.05) is 31.2 Å². The Kier molecular flexibility index (Phi) is 6.85. The highest BCUT2D eigenvalue weighted by molar-refractivity contribution is 5.99. The molecule has 0 fully saturated rings. The average molecular weight is 417 g/mol. The van der Waals surface area contributed by atoms with Gasteiger partial charge in [0.15, 0.2) is 5.78 Å². The Morgan fingerprint density at radius 3 is 2.26 bits per heavy atom. The van der Waals surface area contributed by atoms with E-state index in [4.69, 9.17) is 0 Å². The van der Waals surface area contributed by atoms with Crippen molar-refractivity contribution in [2.75, 3.05) is 11.9 Å². The van der Waals surface area contributed by atoms with E-state index in [0.29, 0.717) is 24.8 Å². The molecule has 1 N–H and O–H groups in total. The third kappa shape index (κ3) is 5.18. The summed E-state index contributed by atoms with van der Waals surface area (Å²) in [5.41, 5.74) is 5.78. The summed E-state index contributed by atoms with van der Waals surface area (Å²) < 4.78 is 0. The smallest absolute Gasteiger partial charge is 0.226 e. The minimum Gasteiger partial charge on any atom is -0.507 e. The molecule has 31 heavy (non-hydrogen) atoms. The standard InChI is InChI=1S/C26H28N2O3/c1-5-26(31)28(4)22-12-8-20(9-13-22)21-10-14-23(25(30)16-21)24(29)15-11-19-7-6-17(2)27-18(19)3/h6-10,12-14,16,30H,5,11,15H2,1-4H3. The second kappa shape index (κ2) is 9.56. The largest absolute Gasteiger partial charge is 0.507 e. The first-order valence-corrected chi connectivity index (χ1v) is 10.5. The van der Waals surface area contributed by atoms with Crippen molar-refractivity contribution in [1.82, 2.24) is 4.98 Å². The van der Waals surface area contributed by atoms with Crippen molar-refractivity contribution in [3.05, 3.63) is 77.1 Å². The van der Waals surface area contributed by atoms with Crippen LogP contribution in [0.2, 0.25) is 0 Å². The molecule has 3 rings (SSSR count). The summed E-state index contributed by atoms with van der Waals surface area (Å²) in [6, 6.07) is 16.6. The number of hydrogen-bond acceptors (Lipinski definition) is 4. The number of nitrogens with zero attached hydrogens (tertiary/aromatic N) is 2. The number of carbonyl (C=O) groups excluding carboxylic acids is 2. The lowest BCUT2D eigenvalue weighted by Crippen LogP contribution is -2.24. The molecule has 1 heterocycles. The highest BCUT2D eigenvalue weighted by Gasteiger charge is 2.14. The molecule has 0 aliphatic carbocycles. The number of pyridine rings is 1. The number of rotatable bonds is 7. The van der Waals surface area contributed by atoms with Crippen molar-refractivity contribution in [2.24, 2.45) is 0 Å². The topological polar surface area (TPSA) is 70.5 Å². The van der Waals surface area contributed by atoms with Crippen molar-refractivity contribution in [1.29, 1.82) is 0 Å². The van der Waals surface area contributed by atoms with Gasteiger partial charge in [-0.05, 0) is 67.3 Å². The van der Waals surface area contributed by atoms with E-state index in [-0.39, 0.29) is 17.4 Å². The maximum absolute atomic E-state index is 12.7. The fourth-order valence-corrected chi connectivity index (χ4v) is 3.57. The van der Waals surface area contributed by atoms with E-state index in [1.807, 2.05) is 63.2 Å². The number of phenols is 1. The number of aromatic hydroxyl groups is 1. The van der Waals surface area contributed by atoms with E-state index in [1.165, 1.54) is 0 Å². The van der Waals surface area contributed by atoms with Crippen LogP contribution >= 0.6 is 0 Å². The van der Waals surface area contributed by atoms with Crippen molar-refractivity contribution in [3.63, 3.8) is 0 Å². The lowest BCUT2D eigenvalue weighted by molar-refractivity contribution is -0.118. The highest BCUT2D eigenvalue weighted by atomic mass is 16.3. The number of anilines is 1. The van der Waals surface area contributed by atoms with Crippen LogP contribution in [-0.4, -0.2) is 28.8 Å². The van der Waals surface area contributed by atoms with Gasteiger partial charge in [0.05, 0.1) is 5.56 Å². The highest BCUT2D eigenvalue weighted by Crippen LogP contribution is 2.29. The molecule has 1 aromatic heterocycles. The third-order valence-corrected chi connectivity index (χ3v) is 5.52. The number of phenolic OH excluding ortho intramolecular Hbond substituents is 1. The molecule has 5 heteroatoms. The van der Waals surface area contributed by atoms with Gasteiger partial charge >= 0.3 is 0 Å². The van der Waals surface area contributed by atoms with E-state index in [2.05, 4.69) is 4.98 Å². The van der Waals surface area contributed by atoms with Gasteiger partial charge in [-0.25, -0.2) is 0 Å². The second-order valence-electron chi connectivity index (χ2n) is 7.71. The third-order valence-electron chi connectivity index (χ3n) is 5.52. The van der Waals surface area contributed by atoms with Gasteiger partial charge in [0.25, 0.3) is 0 Å². The van der Waals surface area contributed by atoms with E-state index in [1.54, 1.807) is 24.1 Å². The Morgan fingerprint density at radius 2 is 1.65 bits per heavy atom. The molecule has 160 valence electrons. The minimum absolute atomic E-state index is 0.0244. The van der Waals surface area contributed by atoms with E-state index in [0.717, 1.165) is 33.8 Å². The predicted octanol–water partition coefficient (Wildman–Crippen LogP) is 5.26. The van der Waals surface area contributed by atoms with Crippen molar-refractivity contribution >= 4 is 17.4 Å². The predicted molar refractivity (Wildman–Crippen MR) is 124 cm³/mol. The maximum Gasteiger partial charge on any atom is 0.226 e. The maximum atomic E-state index is 12.7. The molecule has 0 saturated carbocycles. The minimum atomic E-state index is -0.0981. The Bertz CT molecular complexity index is 1100. The zero-order chi connectivity index (χ0) is 22.5. The Morgan fingerprint density at radius 1 is 0.968 bits per heavy atom. The summed E-state index contributed by atoms with van der Waals surface area (Å²) in [5, 5.41) is 10.5. The lowest BCUT2D eigenvalue weighted by Gasteiger charge is -2.17. The quantitative estimate of drug-likeness (QED) is 0.534. The number of benzene rings is 2. The number of ketones is 1. The summed E-state index contributed by atoms with van der Waals surface area (Å²) in [6.45, 7) is 5.72. The van der Waals surface area contributed by atoms with Gasteiger partial charge < -0.3 is 10.0 Å². The number of hydrogen-bond donors (Lipinski definition) is 1. The molecule has 0 radical (unpaired) electrons. The van der Waals surface area contributed by atoms with Crippen LogP contribution in [-0.2, 0) is 11.2 Å². The summed E-state index contributed by atoms with van der Waals surface area (Å²) in [5.74, 6) is -0.0763. The van der Waals surface area contributed by atoms with E-state index < -0.39 is 0 Å². The number of aryl methyl sites for hydroxylation is 3. The fraction of sp³-hybridized carbons (Fsp3) is 0.269. The van der Waals surface area contributed by atoms with Crippen LogP contribution in [0.1, 0.15) is 47.1 Å². The summed E-state index contributed by atoms with van der Waals surface area (Å²) >= 11 is 0. The fourth-order valence-electron chi connectivity index (χ4n) is 3.57. The van der Waals surface area contributed by atoms with Crippen LogP contribution in [0.3, 0.4) is 0 Å². The molecule has 0 unspecified atom stereocenters. The molecular formula is C26H28N2O3. The van der Waals surface area contributed by atoms with Gasteiger partial charge in [0.2, 0.25) is 5.91 Å². The first-order valence-electron chi connectivity index (χ1n) is 10.5. The average Bonchev–Trinajstić information content (AvgIpc) is 2.77. The van der Waals surface area contributed by atoms with E-state index in [9.17, 15) is 14.7 Å². The molecule has 5 nitrogen and oxygen atoms in total. The zero-order valence-electron chi connectivity index (χ0n) is 18.5. The Hall–Kier alpha value is -3.47. The SMILES string of the molecule is CCC(=O)N(C)c1ccc(-c2ccc(C(=O)CCc3ccc(C)nc3C)c(O)c2)cc1. The number of carbonyl (C=O) groups is 2. The van der Waals surface area contributed by atoms with Crippen LogP contribution in [0.25, 0.3) is 11.1 Å². The monoisotopic (exact) mass is 416 g/mol. The Balaban J connectivity index is 1.72. The second-order valence-corrected chi connectivity index (χ2v) is 7.71. The summed E-state index contributed by atoms with van der Waals surface area (Å²) in [6.07, 6.45) is 1.34. The van der Waals surface area contributed by atoms with Crippen LogP contribution in [0.4, 0.5) is 5.69 Å². The molecule has 0 spiro atoms. The number of amides is 1. The molecule has 0 aliphatic heterocycles. The lowest BCUT2D eigenvalue weighted by atomic mass is 9.98. The number of aromatic nitrogens is 1. The summed E-state index contributed by atoms with van der Waals surface area (Å²) in [7, 11) is 1.75. The van der Waals surface area contributed by atoms with Crippen LogP contribution in [0.15, 0.2) is 54.6 Å². The van der Waals surface area contributed by atoms with Gasteiger partial charge in [-0.2, -0.15) is 0 Å². The van der Waals surface area contributed by atoms with Gasteiger partial charge in [-0.3, -0.25) is 14.6 Å². The molecule has 0 saturated heterocycles. The number of Topliss-reactive ketones (excluding diaryl/α,β-unsaturated/α-hetero) is 1. The molecule has 3 aromatic rings. The zero-order valence-corrected chi connectivity index (χ0v) is 18.5. The first kappa shape index (κ1) is 22.2. The molecule has 0 bridgehead atoms. The van der Waals surface area contributed by atoms with E-state index >= 15 is 0 Å². The van der Waals surface area contributed by atoms with Crippen molar-refractivity contribution < 1.29 is 14.7 Å². The van der Waals surface area contributed by atoms with Crippen molar-refractivity contribution in [3.8, 4) is 16.9 Å². The molecule has 2 aromatic carbocycles.